The van der Waals surface area contributed by atoms with E-state index in [1.165, 1.54) is 24.4 Å². The number of hydrogen-bond acceptors (Lipinski definition) is 4. The van der Waals surface area contributed by atoms with Crippen molar-refractivity contribution in [2.75, 3.05) is 11.9 Å². The first-order valence-corrected chi connectivity index (χ1v) is 9.21. The van der Waals surface area contributed by atoms with E-state index >= 15 is 0 Å². The zero-order valence-electron chi connectivity index (χ0n) is 14.9. The van der Waals surface area contributed by atoms with Gasteiger partial charge in [-0.25, -0.2) is 4.98 Å². The molecule has 0 atom stereocenters. The molecule has 0 saturated carbocycles. The molecule has 0 aliphatic carbocycles. The van der Waals surface area contributed by atoms with Gasteiger partial charge in [0.1, 0.15) is 0 Å². The van der Waals surface area contributed by atoms with Crippen LogP contribution in [-0.2, 0) is 0 Å². The first-order chi connectivity index (χ1) is 13.1. The highest BCUT2D eigenvalue weighted by Crippen LogP contribution is 2.21. The Morgan fingerprint density at radius 3 is 2.46 bits per heavy atom. The molecule has 2 N–H and O–H groups in total. The van der Waals surface area contributed by atoms with Crippen molar-refractivity contribution in [1.82, 2.24) is 10.3 Å². The Balaban J connectivity index is 2.15. The number of nitrogens with zero attached hydrogens (tertiary/aromatic N) is 1. The van der Waals surface area contributed by atoms with Gasteiger partial charge in [0.2, 0.25) is 5.88 Å². The molecular formula is C18H17F3IN3O3. The van der Waals surface area contributed by atoms with E-state index in [4.69, 9.17) is 0 Å². The van der Waals surface area contributed by atoms with Crippen LogP contribution in [0.4, 0.5) is 18.9 Å². The molecule has 1 aromatic heterocycles. The third-order valence-electron chi connectivity index (χ3n) is 3.28. The summed E-state index contributed by atoms with van der Waals surface area (Å²) in [7, 11) is 0. The summed E-state index contributed by atoms with van der Waals surface area (Å²) in [5.74, 6) is -1.14. The molecule has 1 heterocycles. The highest BCUT2D eigenvalue weighted by Gasteiger charge is 2.28. The average molecular weight is 507 g/mol. The monoisotopic (exact) mass is 507 g/mol. The highest BCUT2D eigenvalue weighted by atomic mass is 127. The molecule has 0 saturated heterocycles. The SMILES string of the molecule is CC(C)NC(=O)c1c(I)cccc1C(=O)Nc1ccc(OCC(F)(F)F)nc1. The second-order valence-electron chi connectivity index (χ2n) is 6.03. The van der Waals surface area contributed by atoms with Crippen molar-refractivity contribution in [3.8, 4) is 5.88 Å². The number of rotatable bonds is 6. The number of ether oxygens (including phenoxy) is 1. The van der Waals surface area contributed by atoms with Crippen LogP contribution in [0.5, 0.6) is 5.88 Å². The van der Waals surface area contributed by atoms with Gasteiger partial charge in [0.05, 0.1) is 23.0 Å². The van der Waals surface area contributed by atoms with E-state index in [1.54, 1.807) is 12.1 Å². The topological polar surface area (TPSA) is 80.3 Å². The molecule has 10 heteroatoms. The summed E-state index contributed by atoms with van der Waals surface area (Å²) in [6, 6.07) is 7.34. The summed E-state index contributed by atoms with van der Waals surface area (Å²) >= 11 is 1.97. The maximum Gasteiger partial charge on any atom is 0.422 e. The second-order valence-corrected chi connectivity index (χ2v) is 7.20. The number of nitrogens with one attached hydrogen (secondary N) is 2. The van der Waals surface area contributed by atoms with Crippen molar-refractivity contribution in [3.05, 3.63) is 51.2 Å². The molecule has 0 aliphatic heterocycles. The number of carbonyl (C=O) groups is 2. The molecule has 1 aromatic carbocycles. The van der Waals surface area contributed by atoms with Crippen LogP contribution < -0.4 is 15.4 Å². The Morgan fingerprint density at radius 1 is 1.18 bits per heavy atom. The van der Waals surface area contributed by atoms with Crippen LogP contribution in [-0.4, -0.2) is 35.6 Å². The number of aromatic nitrogens is 1. The zero-order valence-corrected chi connectivity index (χ0v) is 17.1. The summed E-state index contributed by atoms with van der Waals surface area (Å²) in [4.78, 5) is 28.8. The molecule has 0 spiro atoms. The summed E-state index contributed by atoms with van der Waals surface area (Å²) in [6.07, 6.45) is -3.29. The summed E-state index contributed by atoms with van der Waals surface area (Å²) in [6.45, 7) is 2.16. The number of alkyl halides is 3. The lowest BCUT2D eigenvalue weighted by Gasteiger charge is -2.14. The predicted octanol–water partition coefficient (Wildman–Crippen LogP) is 4.02. The number of anilines is 1. The molecule has 2 aromatic rings. The maximum atomic E-state index is 12.6. The molecular weight excluding hydrogens is 490 g/mol. The molecule has 150 valence electrons. The fraction of sp³-hybridized carbons (Fsp3) is 0.278. The zero-order chi connectivity index (χ0) is 20.9. The quantitative estimate of drug-likeness (QED) is 0.580. The first-order valence-electron chi connectivity index (χ1n) is 8.13. The van der Waals surface area contributed by atoms with Gasteiger partial charge in [-0.1, -0.05) is 6.07 Å². The molecule has 0 bridgehead atoms. The van der Waals surface area contributed by atoms with Gasteiger partial charge < -0.3 is 15.4 Å². The summed E-state index contributed by atoms with van der Waals surface area (Å²) in [5.41, 5.74) is 0.660. The standard InChI is InChI=1S/C18H17F3IN3O3/c1-10(2)24-17(27)15-12(4-3-5-13(15)22)16(26)25-11-6-7-14(23-8-11)28-9-18(19,20)21/h3-8,10H,9H2,1-2H3,(H,24,27)(H,25,26). The van der Waals surface area contributed by atoms with Crippen molar-refractivity contribution in [2.24, 2.45) is 0 Å². The molecule has 0 aliphatic rings. The largest absolute Gasteiger partial charge is 0.468 e. The van der Waals surface area contributed by atoms with Crippen molar-refractivity contribution < 1.29 is 27.5 Å². The molecule has 0 fully saturated rings. The van der Waals surface area contributed by atoms with Gasteiger partial charge in [-0.05, 0) is 54.6 Å². The highest BCUT2D eigenvalue weighted by molar-refractivity contribution is 14.1. The normalized spacial score (nSPS) is 11.2. The van der Waals surface area contributed by atoms with Crippen molar-refractivity contribution in [1.29, 1.82) is 0 Å². The Morgan fingerprint density at radius 2 is 1.89 bits per heavy atom. The van der Waals surface area contributed by atoms with Crippen LogP contribution in [0, 0.1) is 3.57 Å². The predicted molar refractivity (Wildman–Crippen MR) is 106 cm³/mol. The number of hydrogen-bond donors (Lipinski definition) is 2. The Kier molecular flexibility index (Phi) is 7.22. The Labute approximate surface area is 173 Å². The van der Waals surface area contributed by atoms with Crippen molar-refractivity contribution >= 4 is 40.1 Å². The Hall–Kier alpha value is -2.37. The van der Waals surface area contributed by atoms with Crippen molar-refractivity contribution in [3.63, 3.8) is 0 Å². The minimum Gasteiger partial charge on any atom is -0.468 e. The summed E-state index contributed by atoms with van der Waals surface area (Å²) < 4.78 is 41.6. The van der Waals surface area contributed by atoms with Crippen LogP contribution >= 0.6 is 22.6 Å². The third-order valence-corrected chi connectivity index (χ3v) is 4.18. The fourth-order valence-electron chi connectivity index (χ4n) is 2.17. The molecule has 6 nitrogen and oxygen atoms in total. The minimum atomic E-state index is -4.47. The van der Waals surface area contributed by atoms with Crippen LogP contribution in [0.15, 0.2) is 36.5 Å². The first kappa shape index (κ1) is 21.9. The Bertz CT molecular complexity index is 855. The molecule has 28 heavy (non-hydrogen) atoms. The van der Waals surface area contributed by atoms with Gasteiger partial charge >= 0.3 is 6.18 Å². The van der Waals surface area contributed by atoms with Crippen molar-refractivity contribution in [2.45, 2.75) is 26.1 Å². The van der Waals surface area contributed by atoms with E-state index in [9.17, 15) is 22.8 Å². The lowest BCUT2D eigenvalue weighted by Crippen LogP contribution is -2.32. The number of pyridine rings is 1. The number of carbonyl (C=O) groups excluding carboxylic acids is 2. The summed E-state index contributed by atoms with van der Waals surface area (Å²) in [5, 5.41) is 5.32. The molecule has 2 amide bonds. The van der Waals surface area contributed by atoms with Gasteiger partial charge in [-0.3, -0.25) is 9.59 Å². The minimum absolute atomic E-state index is 0.104. The van der Waals surface area contributed by atoms with E-state index in [0.29, 0.717) is 3.57 Å². The van der Waals surface area contributed by atoms with E-state index in [0.717, 1.165) is 0 Å². The molecule has 0 radical (unpaired) electrons. The van der Waals surface area contributed by atoms with E-state index < -0.39 is 18.7 Å². The second kappa shape index (κ2) is 9.22. The van der Waals surface area contributed by atoms with Gasteiger partial charge in [0.15, 0.2) is 6.61 Å². The van der Waals surface area contributed by atoms with E-state index in [2.05, 4.69) is 20.4 Å². The average Bonchev–Trinajstić information content (AvgIpc) is 2.59. The smallest absolute Gasteiger partial charge is 0.422 e. The molecule has 0 unspecified atom stereocenters. The number of amides is 2. The van der Waals surface area contributed by atoms with Gasteiger partial charge in [-0.2, -0.15) is 13.2 Å². The molecule has 2 rings (SSSR count). The van der Waals surface area contributed by atoms with Gasteiger partial charge in [0, 0.05) is 15.7 Å². The lowest BCUT2D eigenvalue weighted by molar-refractivity contribution is -0.154. The van der Waals surface area contributed by atoms with Gasteiger partial charge in [0.25, 0.3) is 11.8 Å². The lowest BCUT2D eigenvalue weighted by atomic mass is 10.1. The number of benzene rings is 1. The third kappa shape index (κ3) is 6.36. The van der Waals surface area contributed by atoms with Crippen LogP contribution in [0.25, 0.3) is 0 Å². The number of halogens is 4. The van der Waals surface area contributed by atoms with Crippen LogP contribution in [0.2, 0.25) is 0 Å². The fourth-order valence-corrected chi connectivity index (χ4v) is 2.92. The van der Waals surface area contributed by atoms with Gasteiger partial charge in [-0.15, -0.1) is 0 Å². The van der Waals surface area contributed by atoms with E-state index in [-0.39, 0.29) is 34.6 Å². The van der Waals surface area contributed by atoms with Crippen LogP contribution in [0.1, 0.15) is 34.6 Å². The maximum absolute atomic E-state index is 12.6. The van der Waals surface area contributed by atoms with Crippen LogP contribution in [0.3, 0.4) is 0 Å². The van der Waals surface area contributed by atoms with E-state index in [1.807, 2.05) is 36.4 Å².